The molecule has 2 aromatic carbocycles. The summed E-state index contributed by atoms with van der Waals surface area (Å²) in [5, 5.41) is 20.3. The van der Waals surface area contributed by atoms with Gasteiger partial charge in [0.2, 0.25) is 0 Å². The fourth-order valence-corrected chi connectivity index (χ4v) is 2.34. The lowest BCUT2D eigenvalue weighted by molar-refractivity contribution is -0.384. The fraction of sp³-hybridized carbons (Fsp3) is 0.278. The lowest BCUT2D eigenvalue weighted by Gasteiger charge is -2.14. The molecule has 0 radical (unpaired) electrons. The molecule has 0 amide bonds. The van der Waals surface area contributed by atoms with Gasteiger partial charge in [0, 0.05) is 50.1 Å². The lowest BCUT2D eigenvalue weighted by Crippen LogP contribution is -2.39. The van der Waals surface area contributed by atoms with Crippen LogP contribution in [-0.4, -0.2) is 38.1 Å². The van der Waals surface area contributed by atoms with Gasteiger partial charge in [0.15, 0.2) is 5.96 Å². The molecule has 0 unspecified atom stereocenters. The Kier molecular flexibility index (Phi) is 9.94. The number of nitro groups is 1. The zero-order valence-electron chi connectivity index (χ0n) is 15.3. The van der Waals surface area contributed by atoms with Gasteiger partial charge in [0.1, 0.15) is 5.75 Å². The van der Waals surface area contributed by atoms with E-state index in [1.165, 1.54) is 12.1 Å². The molecule has 0 bridgehead atoms. The fourth-order valence-electron chi connectivity index (χ4n) is 2.34. The highest BCUT2D eigenvalue weighted by Gasteiger charge is 2.04. The van der Waals surface area contributed by atoms with E-state index < -0.39 is 4.92 Å². The second-order valence-corrected chi connectivity index (χ2v) is 5.40. The maximum atomic E-state index is 10.6. The van der Waals surface area contributed by atoms with Gasteiger partial charge in [-0.2, -0.15) is 0 Å². The normalized spacial score (nSPS) is 10.5. The molecule has 0 spiro atoms. The Morgan fingerprint density at radius 1 is 1.11 bits per heavy atom. The summed E-state index contributed by atoms with van der Waals surface area (Å²) in [6, 6.07) is 14.1. The summed E-state index contributed by atoms with van der Waals surface area (Å²) < 4.78 is 5.33. The molecule has 0 saturated carbocycles. The van der Waals surface area contributed by atoms with Crippen LogP contribution in [-0.2, 0) is 6.54 Å². The number of para-hydroxylation sites is 1. The number of methoxy groups -OCH3 is 1. The minimum atomic E-state index is -0.414. The number of anilines is 1. The number of hydrogen-bond acceptors (Lipinski definition) is 5. The van der Waals surface area contributed by atoms with Crippen LogP contribution in [0.4, 0.5) is 11.4 Å². The molecule has 0 saturated heterocycles. The number of hydrogen-bond donors (Lipinski definition) is 3. The molecule has 0 aliphatic heterocycles. The van der Waals surface area contributed by atoms with Crippen molar-refractivity contribution in [3.63, 3.8) is 0 Å². The van der Waals surface area contributed by atoms with Crippen LogP contribution >= 0.6 is 24.0 Å². The van der Waals surface area contributed by atoms with E-state index in [1.807, 2.05) is 24.3 Å². The van der Waals surface area contributed by atoms with Gasteiger partial charge in [0.25, 0.3) is 5.69 Å². The van der Waals surface area contributed by atoms with Gasteiger partial charge < -0.3 is 20.7 Å². The molecular weight excluding hydrogens is 461 g/mol. The molecule has 0 aromatic heterocycles. The number of ether oxygens (including phenoxy) is 1. The molecule has 9 heteroatoms. The van der Waals surface area contributed by atoms with E-state index >= 15 is 0 Å². The molecule has 146 valence electrons. The summed E-state index contributed by atoms with van der Waals surface area (Å²) >= 11 is 0. The monoisotopic (exact) mass is 485 g/mol. The van der Waals surface area contributed by atoms with Gasteiger partial charge in [0.05, 0.1) is 12.0 Å². The van der Waals surface area contributed by atoms with Crippen LogP contribution < -0.4 is 20.7 Å². The molecule has 2 rings (SSSR count). The van der Waals surface area contributed by atoms with Gasteiger partial charge in [-0.25, -0.2) is 0 Å². The summed E-state index contributed by atoms with van der Waals surface area (Å²) in [6.07, 6.45) is 0. The van der Waals surface area contributed by atoms with Crippen LogP contribution in [0.2, 0.25) is 0 Å². The summed E-state index contributed by atoms with van der Waals surface area (Å²) in [5.41, 5.74) is 1.95. The van der Waals surface area contributed by atoms with Crippen molar-refractivity contribution < 1.29 is 9.66 Å². The van der Waals surface area contributed by atoms with Crippen molar-refractivity contribution >= 4 is 41.3 Å². The third kappa shape index (κ3) is 7.29. The van der Waals surface area contributed by atoms with E-state index in [-0.39, 0.29) is 29.7 Å². The van der Waals surface area contributed by atoms with E-state index in [0.717, 1.165) is 17.0 Å². The predicted molar refractivity (Wildman–Crippen MR) is 118 cm³/mol. The summed E-state index contributed by atoms with van der Waals surface area (Å²) in [4.78, 5) is 14.4. The van der Waals surface area contributed by atoms with E-state index in [0.29, 0.717) is 25.6 Å². The number of halogens is 1. The average Bonchev–Trinajstić information content (AvgIpc) is 2.68. The smallest absolute Gasteiger partial charge is 0.269 e. The number of non-ortho nitro benzene ring substituents is 1. The zero-order valence-corrected chi connectivity index (χ0v) is 17.6. The van der Waals surface area contributed by atoms with Gasteiger partial charge in [-0.05, 0) is 18.2 Å². The standard InChI is InChI=1S/C18H23N5O3.HI/c1-19-18(22-13-14-5-3-4-6-17(14)26-2)21-12-11-20-15-7-9-16(10-8-15)23(24)25;/h3-10,20H,11-13H2,1-2H3,(H2,19,21,22);1H. The molecule has 3 N–H and O–H groups in total. The van der Waals surface area contributed by atoms with Crippen LogP contribution in [0.1, 0.15) is 5.56 Å². The minimum absolute atomic E-state index is 0. The topological polar surface area (TPSA) is 101 Å². The Morgan fingerprint density at radius 2 is 1.81 bits per heavy atom. The van der Waals surface area contributed by atoms with Crippen LogP contribution in [0, 0.1) is 10.1 Å². The first kappa shape index (κ1) is 22.5. The molecular formula is C18H24IN5O3. The Labute approximate surface area is 175 Å². The Morgan fingerprint density at radius 3 is 2.44 bits per heavy atom. The summed E-state index contributed by atoms with van der Waals surface area (Å²) in [5.74, 6) is 1.51. The Balaban J connectivity index is 0.00000364. The number of nitrogens with zero attached hydrogens (tertiary/aromatic N) is 2. The van der Waals surface area contributed by atoms with Crippen molar-refractivity contribution in [2.45, 2.75) is 6.54 Å². The van der Waals surface area contributed by atoms with E-state index in [2.05, 4.69) is 20.9 Å². The summed E-state index contributed by atoms with van der Waals surface area (Å²) in [7, 11) is 3.36. The molecule has 0 aliphatic carbocycles. The maximum Gasteiger partial charge on any atom is 0.269 e. The molecule has 0 atom stereocenters. The van der Waals surface area contributed by atoms with Crippen LogP contribution in [0.5, 0.6) is 5.75 Å². The maximum absolute atomic E-state index is 10.6. The van der Waals surface area contributed by atoms with Gasteiger partial charge >= 0.3 is 0 Å². The van der Waals surface area contributed by atoms with Gasteiger partial charge in [-0.15, -0.1) is 24.0 Å². The second-order valence-electron chi connectivity index (χ2n) is 5.40. The van der Waals surface area contributed by atoms with Crippen molar-refractivity contribution in [3.8, 4) is 5.75 Å². The summed E-state index contributed by atoms with van der Waals surface area (Å²) in [6.45, 7) is 1.88. The Hall–Kier alpha value is -2.56. The van der Waals surface area contributed by atoms with Crippen LogP contribution in [0.25, 0.3) is 0 Å². The third-order valence-corrected chi connectivity index (χ3v) is 3.69. The third-order valence-electron chi connectivity index (χ3n) is 3.69. The quantitative estimate of drug-likeness (QED) is 0.133. The first-order chi connectivity index (χ1) is 12.6. The highest BCUT2D eigenvalue weighted by atomic mass is 127. The molecule has 0 aliphatic rings. The minimum Gasteiger partial charge on any atom is -0.496 e. The Bertz CT molecular complexity index is 753. The van der Waals surface area contributed by atoms with E-state index in [1.54, 1.807) is 26.3 Å². The molecule has 27 heavy (non-hydrogen) atoms. The highest BCUT2D eigenvalue weighted by molar-refractivity contribution is 14.0. The molecule has 2 aromatic rings. The number of benzene rings is 2. The van der Waals surface area contributed by atoms with Crippen LogP contribution in [0.3, 0.4) is 0 Å². The van der Waals surface area contributed by atoms with Gasteiger partial charge in [-0.1, -0.05) is 18.2 Å². The van der Waals surface area contributed by atoms with E-state index in [9.17, 15) is 10.1 Å². The number of nitro benzene ring substituents is 1. The SMILES string of the molecule is CN=C(NCCNc1ccc([N+](=O)[O-])cc1)NCc1ccccc1OC.I. The largest absolute Gasteiger partial charge is 0.496 e. The molecule has 0 heterocycles. The number of rotatable bonds is 8. The van der Waals surface area contributed by atoms with Crippen molar-refractivity contribution in [3.05, 3.63) is 64.2 Å². The second kappa shape index (κ2) is 11.9. The average molecular weight is 485 g/mol. The van der Waals surface area contributed by atoms with Crippen molar-refractivity contribution in [2.24, 2.45) is 4.99 Å². The zero-order chi connectivity index (χ0) is 18.8. The van der Waals surface area contributed by atoms with Crippen molar-refractivity contribution in [2.75, 3.05) is 32.6 Å². The lowest BCUT2D eigenvalue weighted by atomic mass is 10.2. The first-order valence-corrected chi connectivity index (χ1v) is 8.18. The number of aliphatic imine (C=N–C) groups is 1. The van der Waals surface area contributed by atoms with Gasteiger partial charge in [-0.3, -0.25) is 15.1 Å². The highest BCUT2D eigenvalue weighted by Crippen LogP contribution is 2.16. The van der Waals surface area contributed by atoms with Crippen LogP contribution in [0.15, 0.2) is 53.5 Å². The van der Waals surface area contributed by atoms with Crippen molar-refractivity contribution in [1.29, 1.82) is 0 Å². The van der Waals surface area contributed by atoms with Crippen molar-refractivity contribution in [1.82, 2.24) is 10.6 Å². The van der Waals surface area contributed by atoms with E-state index in [4.69, 9.17) is 4.74 Å². The number of nitrogens with one attached hydrogen (secondary N) is 3. The number of guanidine groups is 1. The predicted octanol–water partition coefficient (Wildman–Crippen LogP) is 3.00. The molecule has 8 nitrogen and oxygen atoms in total. The molecule has 0 fully saturated rings. The first-order valence-electron chi connectivity index (χ1n) is 8.18.